The van der Waals surface area contributed by atoms with Crippen LogP contribution < -0.4 is 21.3 Å². The van der Waals surface area contributed by atoms with Crippen LogP contribution in [0.1, 0.15) is 22.3 Å². The van der Waals surface area contributed by atoms with Crippen molar-refractivity contribution < 1.29 is 0 Å². The molecule has 3 aliphatic rings. The lowest BCUT2D eigenvalue weighted by atomic mass is 9.34. The van der Waals surface area contributed by atoms with Gasteiger partial charge in [0.25, 0.3) is 0 Å². The summed E-state index contributed by atoms with van der Waals surface area (Å²) in [7, 11) is 0. The Morgan fingerprint density at radius 1 is 0.379 bits per heavy atom. The van der Waals surface area contributed by atoms with Crippen LogP contribution in [0.3, 0.4) is 0 Å². The molecule has 2 heterocycles. The number of fused-ring (bicyclic) bond motifs is 7. The number of nitrogens with zero attached hydrogens (tertiary/aromatic N) is 1. The number of anilines is 3. The summed E-state index contributed by atoms with van der Waals surface area (Å²) in [6.07, 6.45) is 0. The first kappa shape index (κ1) is 39.4. The molecule has 0 saturated carbocycles. The lowest BCUT2D eigenvalue weighted by Crippen LogP contribution is -2.60. The molecule has 1 aliphatic carbocycles. The third kappa shape index (κ3) is 5.97. The summed E-state index contributed by atoms with van der Waals surface area (Å²) in [5, 5.41) is 1.41. The lowest BCUT2D eigenvalue weighted by molar-refractivity contribution is 0.766. The zero-order valence-electron chi connectivity index (χ0n) is 35.6. The third-order valence-electron chi connectivity index (χ3n) is 13.9. The molecule has 0 saturated heterocycles. The number of hydrogen-bond donors (Lipinski definition) is 0. The lowest BCUT2D eigenvalue weighted by Gasteiger charge is -2.43. The zero-order chi connectivity index (χ0) is 43.9. The molecule has 0 unspecified atom stereocenters. The Balaban J connectivity index is 1.21. The van der Waals surface area contributed by atoms with Crippen LogP contribution in [-0.2, 0) is 5.41 Å². The van der Waals surface area contributed by atoms with Crippen LogP contribution >= 0.6 is 35.0 Å². The first-order chi connectivity index (χ1) is 32.6. The Morgan fingerprint density at radius 3 is 1.50 bits per heavy atom. The normalized spacial score (nSPS) is 13.6. The van der Waals surface area contributed by atoms with Gasteiger partial charge in [-0.15, -0.1) is 0 Å². The van der Waals surface area contributed by atoms with E-state index in [1.54, 1.807) is 0 Å². The molecule has 0 atom stereocenters. The minimum absolute atomic E-state index is 0.0687. The van der Waals surface area contributed by atoms with Gasteiger partial charge in [0.1, 0.15) is 0 Å². The number of hydrogen-bond acceptors (Lipinski definition) is 2. The van der Waals surface area contributed by atoms with Crippen LogP contribution in [0, 0.1) is 0 Å². The average molecular weight is 899 g/mol. The maximum atomic E-state index is 7.23. The van der Waals surface area contributed by atoms with Crippen molar-refractivity contribution in [3.63, 3.8) is 0 Å². The highest BCUT2D eigenvalue weighted by molar-refractivity contribution is 8.00. The van der Waals surface area contributed by atoms with Crippen molar-refractivity contribution in [2.75, 3.05) is 4.90 Å². The van der Waals surface area contributed by atoms with E-state index in [1.807, 2.05) is 17.8 Å². The fraction of sp³-hybridized carbons (Fsp3) is 0.0164. The van der Waals surface area contributed by atoms with Crippen molar-refractivity contribution in [3.05, 3.63) is 263 Å². The second-order valence-corrected chi connectivity index (χ2v) is 19.3. The highest BCUT2D eigenvalue weighted by atomic mass is 35.5. The SMILES string of the molecule is Clc1ccc2c(c1)Sc1cc(C3(c4ccccc4)c4ccccc4-c4ccccc43)cc3c1B2c1ccc(Cl)cc1N3c1c(-c2ccccc2)cc(-c2ccccc2)cc1-c1ccccc1. The number of halogens is 2. The molecule has 0 amide bonds. The third-order valence-corrected chi connectivity index (χ3v) is 15.5. The van der Waals surface area contributed by atoms with Gasteiger partial charge in [-0.05, 0) is 115 Å². The summed E-state index contributed by atoms with van der Waals surface area (Å²) in [6.45, 7) is -0.0687. The molecule has 0 fully saturated rings. The number of benzene rings is 10. The molecule has 10 aromatic rings. The maximum Gasteiger partial charge on any atom is 0.249 e. The Kier molecular flexibility index (Phi) is 9.29. The van der Waals surface area contributed by atoms with E-state index >= 15 is 0 Å². The van der Waals surface area contributed by atoms with Gasteiger partial charge in [0.15, 0.2) is 0 Å². The average Bonchev–Trinajstić information content (AvgIpc) is 3.68. The Bertz CT molecular complexity index is 3440. The van der Waals surface area contributed by atoms with Crippen LogP contribution in [-0.4, -0.2) is 6.71 Å². The molecule has 10 aromatic carbocycles. The van der Waals surface area contributed by atoms with Gasteiger partial charge in [-0.3, -0.25) is 0 Å². The first-order valence-corrected chi connectivity index (χ1v) is 24.0. The first-order valence-electron chi connectivity index (χ1n) is 22.4. The van der Waals surface area contributed by atoms with Crippen LogP contribution in [0.2, 0.25) is 10.0 Å². The minimum atomic E-state index is -0.632. The summed E-state index contributed by atoms with van der Waals surface area (Å²) in [5.41, 5.74) is 20.7. The highest BCUT2D eigenvalue weighted by Gasteiger charge is 2.49. The standard InChI is InChI=1S/C61H38BCl2NS/c63-45-29-31-53-55(37-45)65(60-49(40-19-7-2-8-20-40)33-42(39-17-5-1-6-18-39)34-50(60)41-21-9-3-10-22-41)56-35-44(36-58-59(56)62(53)54-32-30-46(64)38-57(54)66-58)61(43-23-11-4-12-24-43)51-27-15-13-25-47(51)48-26-14-16-28-52(48)61/h1-38H. The summed E-state index contributed by atoms with van der Waals surface area (Å²) in [4.78, 5) is 4.95. The molecular formula is C61H38BCl2NS. The van der Waals surface area contributed by atoms with E-state index in [1.165, 1.54) is 59.6 Å². The molecule has 2 aliphatic heterocycles. The Morgan fingerprint density at radius 2 is 0.894 bits per heavy atom. The van der Waals surface area contributed by atoms with Crippen molar-refractivity contribution in [3.8, 4) is 44.5 Å². The van der Waals surface area contributed by atoms with E-state index in [9.17, 15) is 0 Å². The monoisotopic (exact) mass is 897 g/mol. The Hall–Kier alpha value is -7.01. The quantitative estimate of drug-likeness (QED) is 0.153. The van der Waals surface area contributed by atoms with E-state index in [0.717, 1.165) is 55.5 Å². The zero-order valence-corrected chi connectivity index (χ0v) is 38.0. The predicted octanol–water partition coefficient (Wildman–Crippen LogP) is 15.1. The minimum Gasteiger partial charge on any atom is -0.310 e. The maximum absolute atomic E-state index is 7.23. The van der Waals surface area contributed by atoms with Crippen LogP contribution in [0.5, 0.6) is 0 Å². The van der Waals surface area contributed by atoms with Gasteiger partial charge in [0.2, 0.25) is 6.71 Å². The van der Waals surface area contributed by atoms with Crippen LogP contribution in [0.15, 0.2) is 240 Å². The second kappa shape index (κ2) is 15.6. The fourth-order valence-corrected chi connectivity index (χ4v) is 12.9. The summed E-state index contributed by atoms with van der Waals surface area (Å²) < 4.78 is 0. The largest absolute Gasteiger partial charge is 0.310 e. The molecule has 0 N–H and O–H groups in total. The molecule has 0 aromatic heterocycles. The van der Waals surface area contributed by atoms with Crippen molar-refractivity contribution in [2.45, 2.75) is 15.2 Å². The van der Waals surface area contributed by atoms with Crippen molar-refractivity contribution >= 4 is 75.1 Å². The highest BCUT2D eigenvalue weighted by Crippen LogP contribution is 2.58. The van der Waals surface area contributed by atoms with Crippen molar-refractivity contribution in [1.29, 1.82) is 0 Å². The summed E-state index contributed by atoms with van der Waals surface area (Å²) in [5.74, 6) is 0. The summed E-state index contributed by atoms with van der Waals surface area (Å²) >= 11 is 15.9. The smallest absolute Gasteiger partial charge is 0.249 e. The van der Waals surface area contributed by atoms with Gasteiger partial charge in [-0.25, -0.2) is 0 Å². The van der Waals surface area contributed by atoms with E-state index in [4.69, 9.17) is 23.2 Å². The second-order valence-electron chi connectivity index (χ2n) is 17.4. The van der Waals surface area contributed by atoms with Gasteiger partial charge < -0.3 is 4.90 Å². The molecular weight excluding hydrogens is 860 g/mol. The molecule has 0 radical (unpaired) electrons. The predicted molar refractivity (Wildman–Crippen MR) is 280 cm³/mol. The van der Waals surface area contributed by atoms with Gasteiger partial charge in [-0.1, -0.05) is 222 Å². The Labute approximate surface area is 400 Å². The van der Waals surface area contributed by atoms with Gasteiger partial charge in [0.05, 0.1) is 11.1 Å². The molecule has 0 bridgehead atoms. The van der Waals surface area contributed by atoms with E-state index in [-0.39, 0.29) is 6.71 Å². The fourth-order valence-electron chi connectivity index (χ4n) is 11.2. The van der Waals surface area contributed by atoms with Crippen molar-refractivity contribution in [2.24, 2.45) is 0 Å². The molecule has 66 heavy (non-hydrogen) atoms. The van der Waals surface area contributed by atoms with Crippen LogP contribution in [0.25, 0.3) is 44.5 Å². The summed E-state index contributed by atoms with van der Waals surface area (Å²) in [6, 6.07) is 84.4. The molecule has 5 heteroatoms. The molecule has 310 valence electrons. The molecule has 0 spiro atoms. The van der Waals surface area contributed by atoms with E-state index in [2.05, 4.69) is 229 Å². The molecule has 13 rings (SSSR count). The molecule has 1 nitrogen and oxygen atoms in total. The van der Waals surface area contributed by atoms with Gasteiger partial charge >= 0.3 is 0 Å². The van der Waals surface area contributed by atoms with E-state index < -0.39 is 5.41 Å². The van der Waals surface area contributed by atoms with Crippen LogP contribution in [0.4, 0.5) is 17.1 Å². The van der Waals surface area contributed by atoms with Gasteiger partial charge in [0, 0.05) is 42.3 Å². The topological polar surface area (TPSA) is 3.24 Å². The van der Waals surface area contributed by atoms with E-state index in [0.29, 0.717) is 5.02 Å². The van der Waals surface area contributed by atoms with Crippen molar-refractivity contribution in [1.82, 2.24) is 0 Å². The number of rotatable bonds is 6. The van der Waals surface area contributed by atoms with Gasteiger partial charge in [-0.2, -0.15) is 0 Å².